The number of hydrogen-bond donors (Lipinski definition) is 1. The number of para-hydroxylation sites is 1. The van der Waals surface area contributed by atoms with Gasteiger partial charge >= 0.3 is 6.03 Å². The molecule has 35 heavy (non-hydrogen) atoms. The number of hydrogen-bond acceptors (Lipinski definition) is 5. The van der Waals surface area contributed by atoms with Crippen LogP contribution in [-0.2, 0) is 16.2 Å². The predicted molar refractivity (Wildman–Crippen MR) is 134 cm³/mol. The van der Waals surface area contributed by atoms with Crippen molar-refractivity contribution in [3.8, 4) is 11.5 Å². The van der Waals surface area contributed by atoms with Crippen LogP contribution in [0.4, 0.5) is 10.5 Å². The van der Waals surface area contributed by atoms with Gasteiger partial charge in [-0.15, -0.1) is 0 Å². The Morgan fingerprint density at radius 3 is 2.49 bits per heavy atom. The molecule has 1 N–H and O–H groups in total. The number of benzene rings is 3. The molecular weight excluding hydrogens is 491 g/mol. The number of nitrogens with zero attached hydrogens (tertiary/aromatic N) is 1. The molecule has 3 aromatic carbocycles. The Hall–Kier alpha value is -3.81. The summed E-state index contributed by atoms with van der Waals surface area (Å²) in [5, 5.41) is 3.01. The first kappa shape index (κ1) is 24.3. The van der Waals surface area contributed by atoms with E-state index >= 15 is 0 Å². The standard InChI is InChI=1S/C26H20Cl2N2O5/c1-15-6-3-4-9-21(15)30-25(32)19(24(31)29-26(30)33)11-17-12-20(28)23(22(13-17)34-2)35-14-16-7-5-8-18(27)10-16/h3-13H,14H2,1-2H3,(H,29,31,33)/b19-11+. The Morgan fingerprint density at radius 2 is 1.77 bits per heavy atom. The molecule has 0 aliphatic carbocycles. The molecule has 0 unspecified atom stereocenters. The number of rotatable bonds is 6. The normalized spacial score (nSPS) is 14.8. The number of aryl methyl sites for hydroxylation is 1. The fraction of sp³-hybridized carbons (Fsp3) is 0.115. The van der Waals surface area contributed by atoms with Crippen molar-refractivity contribution in [1.82, 2.24) is 5.32 Å². The fourth-order valence-corrected chi connectivity index (χ4v) is 4.09. The number of carbonyl (C=O) groups excluding carboxylic acids is 3. The molecule has 0 radical (unpaired) electrons. The number of methoxy groups -OCH3 is 1. The number of halogens is 2. The van der Waals surface area contributed by atoms with E-state index in [2.05, 4.69) is 5.32 Å². The van der Waals surface area contributed by atoms with Gasteiger partial charge in [0.2, 0.25) is 0 Å². The minimum atomic E-state index is -0.813. The maximum atomic E-state index is 13.2. The second kappa shape index (κ2) is 10.2. The number of imide groups is 2. The first-order valence-electron chi connectivity index (χ1n) is 10.5. The molecule has 1 aliphatic rings. The van der Waals surface area contributed by atoms with Gasteiger partial charge in [-0.25, -0.2) is 9.69 Å². The second-order valence-corrected chi connectivity index (χ2v) is 8.54. The zero-order valence-electron chi connectivity index (χ0n) is 18.8. The molecule has 4 rings (SSSR count). The van der Waals surface area contributed by atoms with Gasteiger partial charge in [-0.2, -0.15) is 0 Å². The van der Waals surface area contributed by atoms with Gasteiger partial charge in [-0.3, -0.25) is 14.9 Å². The van der Waals surface area contributed by atoms with Crippen LogP contribution < -0.4 is 19.7 Å². The average Bonchev–Trinajstić information content (AvgIpc) is 2.82. The van der Waals surface area contributed by atoms with Crippen LogP contribution in [0, 0.1) is 6.92 Å². The van der Waals surface area contributed by atoms with Gasteiger partial charge < -0.3 is 9.47 Å². The molecule has 1 fully saturated rings. The molecule has 0 saturated carbocycles. The van der Waals surface area contributed by atoms with Crippen molar-refractivity contribution in [2.24, 2.45) is 0 Å². The van der Waals surface area contributed by atoms with Crippen molar-refractivity contribution in [3.63, 3.8) is 0 Å². The van der Waals surface area contributed by atoms with Crippen molar-refractivity contribution < 1.29 is 23.9 Å². The Labute approximate surface area is 211 Å². The summed E-state index contributed by atoms with van der Waals surface area (Å²) in [6.07, 6.45) is 1.35. The molecule has 7 nitrogen and oxygen atoms in total. The summed E-state index contributed by atoms with van der Waals surface area (Å²) in [6.45, 7) is 1.97. The van der Waals surface area contributed by atoms with Crippen LogP contribution in [-0.4, -0.2) is 25.0 Å². The number of amides is 4. The molecule has 3 aromatic rings. The summed E-state index contributed by atoms with van der Waals surface area (Å²) < 4.78 is 11.3. The maximum Gasteiger partial charge on any atom is 0.335 e. The number of anilines is 1. The molecule has 0 bridgehead atoms. The number of ether oxygens (including phenoxy) is 2. The van der Waals surface area contributed by atoms with Crippen LogP contribution in [0.2, 0.25) is 10.0 Å². The quantitative estimate of drug-likeness (QED) is 0.346. The number of nitrogens with one attached hydrogen (secondary N) is 1. The molecule has 9 heteroatoms. The highest BCUT2D eigenvalue weighted by Crippen LogP contribution is 2.38. The van der Waals surface area contributed by atoms with Gasteiger partial charge in [0, 0.05) is 5.02 Å². The highest BCUT2D eigenvalue weighted by Gasteiger charge is 2.37. The fourth-order valence-electron chi connectivity index (χ4n) is 3.60. The predicted octanol–water partition coefficient (Wildman–Crippen LogP) is 5.56. The summed E-state index contributed by atoms with van der Waals surface area (Å²) in [4.78, 5) is 39.1. The molecule has 1 aliphatic heterocycles. The monoisotopic (exact) mass is 510 g/mol. The summed E-state index contributed by atoms with van der Waals surface area (Å²) in [5.74, 6) is -0.945. The van der Waals surface area contributed by atoms with Crippen LogP contribution in [0.1, 0.15) is 16.7 Å². The van der Waals surface area contributed by atoms with E-state index in [-0.39, 0.29) is 17.2 Å². The van der Waals surface area contributed by atoms with Crippen molar-refractivity contribution in [1.29, 1.82) is 0 Å². The van der Waals surface area contributed by atoms with E-state index in [1.54, 1.807) is 55.5 Å². The highest BCUT2D eigenvalue weighted by atomic mass is 35.5. The van der Waals surface area contributed by atoms with Gasteiger partial charge in [0.1, 0.15) is 12.2 Å². The number of carbonyl (C=O) groups is 3. The van der Waals surface area contributed by atoms with Gasteiger partial charge in [-0.05, 0) is 60.0 Å². The Morgan fingerprint density at radius 1 is 1.00 bits per heavy atom. The van der Waals surface area contributed by atoms with E-state index in [9.17, 15) is 14.4 Å². The lowest BCUT2D eigenvalue weighted by atomic mass is 10.1. The van der Waals surface area contributed by atoms with Gasteiger partial charge in [0.25, 0.3) is 11.8 Å². The highest BCUT2D eigenvalue weighted by molar-refractivity contribution is 6.39. The maximum absolute atomic E-state index is 13.2. The van der Waals surface area contributed by atoms with Crippen molar-refractivity contribution >= 4 is 52.8 Å². The summed E-state index contributed by atoms with van der Waals surface area (Å²) >= 11 is 12.5. The van der Waals surface area contributed by atoms with E-state index < -0.39 is 17.8 Å². The molecule has 0 aromatic heterocycles. The average molecular weight is 511 g/mol. The molecular formula is C26H20Cl2N2O5. The SMILES string of the molecule is COc1cc(/C=C2\C(=O)NC(=O)N(c3ccccc3C)C2=O)cc(Cl)c1OCc1cccc(Cl)c1. The molecule has 4 amide bonds. The topological polar surface area (TPSA) is 84.9 Å². The summed E-state index contributed by atoms with van der Waals surface area (Å²) in [7, 11) is 1.45. The molecule has 1 saturated heterocycles. The lowest BCUT2D eigenvalue weighted by Crippen LogP contribution is -2.54. The van der Waals surface area contributed by atoms with Crippen molar-refractivity contribution in [2.75, 3.05) is 12.0 Å². The van der Waals surface area contributed by atoms with Gasteiger partial charge in [0.15, 0.2) is 11.5 Å². The number of barbiturate groups is 1. The Balaban J connectivity index is 1.65. The van der Waals surface area contributed by atoms with Crippen LogP contribution in [0.3, 0.4) is 0 Å². The van der Waals surface area contributed by atoms with E-state index in [0.29, 0.717) is 33.3 Å². The number of urea groups is 1. The summed E-state index contributed by atoms with van der Waals surface area (Å²) in [5.41, 5.74) is 2.12. The van der Waals surface area contributed by atoms with E-state index in [1.165, 1.54) is 13.2 Å². The third kappa shape index (κ3) is 5.16. The third-order valence-electron chi connectivity index (χ3n) is 5.29. The van der Waals surface area contributed by atoms with Gasteiger partial charge in [-0.1, -0.05) is 53.5 Å². The third-order valence-corrected chi connectivity index (χ3v) is 5.81. The van der Waals surface area contributed by atoms with Crippen LogP contribution in [0.5, 0.6) is 11.5 Å². The molecule has 0 atom stereocenters. The van der Waals surface area contributed by atoms with Crippen LogP contribution in [0.25, 0.3) is 6.08 Å². The van der Waals surface area contributed by atoms with Crippen LogP contribution in [0.15, 0.2) is 66.2 Å². The summed E-state index contributed by atoms with van der Waals surface area (Å²) in [6, 6.07) is 16.4. The molecule has 0 spiro atoms. The van der Waals surface area contributed by atoms with Crippen molar-refractivity contribution in [3.05, 3.63) is 93.0 Å². The zero-order valence-corrected chi connectivity index (χ0v) is 20.3. The Bertz CT molecular complexity index is 1370. The minimum Gasteiger partial charge on any atom is -0.493 e. The second-order valence-electron chi connectivity index (χ2n) is 7.70. The van der Waals surface area contributed by atoms with Crippen LogP contribution >= 0.6 is 23.2 Å². The largest absolute Gasteiger partial charge is 0.493 e. The smallest absolute Gasteiger partial charge is 0.335 e. The first-order chi connectivity index (χ1) is 16.8. The lowest BCUT2D eigenvalue weighted by Gasteiger charge is -2.27. The van der Waals surface area contributed by atoms with E-state index in [4.69, 9.17) is 32.7 Å². The molecule has 1 heterocycles. The zero-order chi connectivity index (χ0) is 25.1. The first-order valence-corrected chi connectivity index (χ1v) is 11.3. The van der Waals surface area contributed by atoms with Crippen molar-refractivity contribution in [2.45, 2.75) is 13.5 Å². The van der Waals surface area contributed by atoms with Gasteiger partial charge in [0.05, 0.1) is 17.8 Å². The minimum absolute atomic E-state index is 0.200. The van der Waals surface area contributed by atoms with E-state index in [0.717, 1.165) is 10.5 Å². The Kier molecular flexibility index (Phi) is 7.10. The van der Waals surface area contributed by atoms with E-state index in [1.807, 2.05) is 12.1 Å². The molecule has 178 valence electrons. The lowest BCUT2D eigenvalue weighted by molar-refractivity contribution is -0.122.